The first-order valence-electron chi connectivity index (χ1n) is 10.1. The molecular formula is C23H23ClN2O4S. The molecule has 8 heteroatoms. The van der Waals surface area contributed by atoms with E-state index in [1.165, 1.54) is 4.31 Å². The number of nitrogens with one attached hydrogen (secondary N) is 1. The Bertz CT molecular complexity index is 1200. The van der Waals surface area contributed by atoms with Crippen molar-refractivity contribution in [3.63, 3.8) is 0 Å². The number of ether oxygens (including phenoxy) is 1. The Morgan fingerprint density at radius 1 is 1.06 bits per heavy atom. The van der Waals surface area contributed by atoms with Gasteiger partial charge >= 0.3 is 0 Å². The number of para-hydroxylation sites is 1. The summed E-state index contributed by atoms with van der Waals surface area (Å²) in [6.45, 7) is 0.813. The van der Waals surface area contributed by atoms with E-state index in [4.69, 9.17) is 16.3 Å². The zero-order valence-corrected chi connectivity index (χ0v) is 18.4. The summed E-state index contributed by atoms with van der Waals surface area (Å²) in [4.78, 5) is 12.9. The maximum Gasteiger partial charge on any atom is 0.243 e. The summed E-state index contributed by atoms with van der Waals surface area (Å²) in [6.07, 6.45) is 1.13. The number of carbonyl (C=O) groups excluding carboxylic acids is 1. The van der Waals surface area contributed by atoms with Crippen molar-refractivity contribution in [1.82, 2.24) is 9.62 Å². The van der Waals surface area contributed by atoms with Crippen molar-refractivity contribution in [1.29, 1.82) is 0 Å². The van der Waals surface area contributed by atoms with Gasteiger partial charge in [0.15, 0.2) is 0 Å². The molecule has 1 heterocycles. The van der Waals surface area contributed by atoms with Gasteiger partial charge in [0.1, 0.15) is 18.4 Å². The van der Waals surface area contributed by atoms with Crippen LogP contribution in [0.1, 0.15) is 12.8 Å². The summed E-state index contributed by atoms with van der Waals surface area (Å²) in [5, 5.41) is 5.10. The van der Waals surface area contributed by atoms with Crippen molar-refractivity contribution in [3.05, 3.63) is 71.8 Å². The maximum atomic E-state index is 13.3. The minimum absolute atomic E-state index is 0.202. The second kappa shape index (κ2) is 9.26. The largest absolute Gasteiger partial charge is 0.490 e. The van der Waals surface area contributed by atoms with Gasteiger partial charge in [-0.05, 0) is 47.9 Å². The average Bonchev–Trinajstić information content (AvgIpc) is 3.28. The van der Waals surface area contributed by atoms with Crippen LogP contribution in [0.5, 0.6) is 5.75 Å². The number of amides is 1. The number of rotatable bonds is 7. The van der Waals surface area contributed by atoms with E-state index in [1.807, 2.05) is 36.4 Å². The first-order chi connectivity index (χ1) is 15.0. The second-order valence-electron chi connectivity index (χ2n) is 7.35. The number of halogens is 1. The van der Waals surface area contributed by atoms with E-state index in [9.17, 15) is 13.2 Å². The summed E-state index contributed by atoms with van der Waals surface area (Å²) in [6, 6.07) is 19.0. The van der Waals surface area contributed by atoms with Crippen molar-refractivity contribution in [2.24, 2.45) is 0 Å². The summed E-state index contributed by atoms with van der Waals surface area (Å²) in [5.41, 5.74) is 0. The SMILES string of the molecule is O=C(NCCOc1ccccc1Cl)[C@@H]1CCCN1S(=O)(=O)c1ccc2ccccc2c1. The summed E-state index contributed by atoms with van der Waals surface area (Å²) < 4.78 is 33.4. The number of hydrogen-bond donors (Lipinski definition) is 1. The fraction of sp³-hybridized carbons (Fsp3) is 0.261. The highest BCUT2D eigenvalue weighted by molar-refractivity contribution is 7.89. The van der Waals surface area contributed by atoms with Crippen LogP contribution in [-0.4, -0.2) is 44.4 Å². The van der Waals surface area contributed by atoms with Gasteiger partial charge in [0.2, 0.25) is 15.9 Å². The highest BCUT2D eigenvalue weighted by Crippen LogP contribution is 2.28. The maximum absolute atomic E-state index is 13.3. The monoisotopic (exact) mass is 458 g/mol. The third-order valence-electron chi connectivity index (χ3n) is 5.33. The first kappa shape index (κ1) is 21.6. The lowest BCUT2D eigenvalue weighted by molar-refractivity contribution is -0.124. The molecular weight excluding hydrogens is 436 g/mol. The lowest BCUT2D eigenvalue weighted by Gasteiger charge is -2.23. The minimum Gasteiger partial charge on any atom is -0.490 e. The van der Waals surface area contributed by atoms with Crippen LogP contribution in [0.25, 0.3) is 10.8 Å². The molecule has 0 unspecified atom stereocenters. The molecule has 1 fully saturated rings. The molecule has 1 N–H and O–H groups in total. The van der Waals surface area contributed by atoms with E-state index in [0.717, 1.165) is 10.8 Å². The van der Waals surface area contributed by atoms with Crippen LogP contribution in [0.4, 0.5) is 0 Å². The molecule has 0 radical (unpaired) electrons. The Morgan fingerprint density at radius 3 is 2.61 bits per heavy atom. The van der Waals surface area contributed by atoms with Crippen molar-refractivity contribution in [3.8, 4) is 5.75 Å². The molecule has 0 aromatic heterocycles. The van der Waals surface area contributed by atoms with Gasteiger partial charge in [0.25, 0.3) is 0 Å². The Labute approximate surface area is 186 Å². The molecule has 4 rings (SSSR count). The molecule has 162 valence electrons. The fourth-order valence-electron chi connectivity index (χ4n) is 3.77. The van der Waals surface area contributed by atoms with Gasteiger partial charge in [-0.15, -0.1) is 0 Å². The summed E-state index contributed by atoms with van der Waals surface area (Å²) in [7, 11) is -3.78. The van der Waals surface area contributed by atoms with Crippen LogP contribution in [0, 0.1) is 0 Å². The molecule has 0 spiro atoms. The van der Waals surface area contributed by atoms with Crippen molar-refractivity contribution < 1.29 is 17.9 Å². The van der Waals surface area contributed by atoms with Gasteiger partial charge in [-0.25, -0.2) is 8.42 Å². The van der Waals surface area contributed by atoms with Crippen molar-refractivity contribution in [2.45, 2.75) is 23.8 Å². The normalized spacial score (nSPS) is 17.0. The number of hydrogen-bond acceptors (Lipinski definition) is 4. The van der Waals surface area contributed by atoms with E-state index in [-0.39, 0.29) is 24.0 Å². The fourth-order valence-corrected chi connectivity index (χ4v) is 5.65. The second-order valence-corrected chi connectivity index (χ2v) is 9.65. The molecule has 0 aliphatic carbocycles. The topological polar surface area (TPSA) is 75.7 Å². The van der Waals surface area contributed by atoms with Gasteiger partial charge in [-0.2, -0.15) is 4.31 Å². The molecule has 1 amide bonds. The molecule has 1 aliphatic heterocycles. The van der Waals surface area contributed by atoms with E-state index < -0.39 is 16.1 Å². The zero-order valence-electron chi connectivity index (χ0n) is 16.8. The van der Waals surface area contributed by atoms with Gasteiger partial charge in [-0.1, -0.05) is 54.1 Å². The lowest BCUT2D eigenvalue weighted by atomic mass is 10.1. The van der Waals surface area contributed by atoms with Crippen LogP contribution in [0.2, 0.25) is 5.02 Å². The average molecular weight is 459 g/mol. The van der Waals surface area contributed by atoms with Crippen molar-refractivity contribution >= 4 is 38.3 Å². The Morgan fingerprint density at radius 2 is 1.81 bits per heavy atom. The quantitative estimate of drug-likeness (QED) is 0.546. The highest BCUT2D eigenvalue weighted by atomic mass is 35.5. The third-order valence-corrected chi connectivity index (χ3v) is 7.55. The number of carbonyl (C=O) groups is 1. The summed E-state index contributed by atoms with van der Waals surface area (Å²) in [5.74, 6) is 0.226. The first-order valence-corrected chi connectivity index (χ1v) is 11.9. The van der Waals surface area contributed by atoms with Gasteiger partial charge in [0.05, 0.1) is 16.5 Å². The molecule has 1 aliphatic rings. The standard InChI is InChI=1S/C23H23ClN2O4S/c24-20-8-3-4-10-22(20)30-15-13-25-23(27)21-9-5-14-26(21)31(28,29)19-12-11-17-6-1-2-7-18(17)16-19/h1-4,6-8,10-12,16,21H,5,9,13-15H2,(H,25,27)/t21-/m0/s1. The molecule has 0 bridgehead atoms. The number of sulfonamides is 1. The van der Waals surface area contributed by atoms with Crippen LogP contribution in [0.3, 0.4) is 0 Å². The highest BCUT2D eigenvalue weighted by Gasteiger charge is 2.39. The Hall–Kier alpha value is -2.61. The molecule has 6 nitrogen and oxygen atoms in total. The summed E-state index contributed by atoms with van der Waals surface area (Å²) >= 11 is 6.05. The smallest absolute Gasteiger partial charge is 0.243 e. The minimum atomic E-state index is -3.78. The zero-order chi connectivity index (χ0) is 21.8. The van der Waals surface area contributed by atoms with E-state index in [1.54, 1.807) is 30.3 Å². The predicted octanol–water partition coefficient (Wildman–Crippen LogP) is 3.84. The van der Waals surface area contributed by atoms with Gasteiger partial charge in [0, 0.05) is 6.54 Å². The molecule has 3 aromatic carbocycles. The molecule has 0 saturated carbocycles. The van der Waals surface area contributed by atoms with E-state index in [2.05, 4.69) is 5.32 Å². The molecule has 3 aromatic rings. The van der Waals surface area contributed by atoms with Gasteiger partial charge in [-0.3, -0.25) is 4.79 Å². The van der Waals surface area contributed by atoms with E-state index >= 15 is 0 Å². The third kappa shape index (κ3) is 4.69. The van der Waals surface area contributed by atoms with Crippen LogP contribution in [0.15, 0.2) is 71.6 Å². The number of fused-ring (bicyclic) bond motifs is 1. The lowest BCUT2D eigenvalue weighted by Crippen LogP contribution is -2.46. The number of nitrogens with zero attached hydrogens (tertiary/aromatic N) is 1. The molecule has 31 heavy (non-hydrogen) atoms. The Balaban J connectivity index is 1.41. The molecule has 1 atom stereocenters. The Kier molecular flexibility index (Phi) is 6.46. The van der Waals surface area contributed by atoms with Crippen LogP contribution >= 0.6 is 11.6 Å². The molecule has 1 saturated heterocycles. The van der Waals surface area contributed by atoms with Crippen LogP contribution in [-0.2, 0) is 14.8 Å². The van der Waals surface area contributed by atoms with Crippen LogP contribution < -0.4 is 10.1 Å². The number of benzene rings is 3. The van der Waals surface area contributed by atoms with Gasteiger partial charge < -0.3 is 10.1 Å². The van der Waals surface area contributed by atoms with Crippen molar-refractivity contribution in [2.75, 3.05) is 19.7 Å². The predicted molar refractivity (Wildman–Crippen MR) is 121 cm³/mol. The van der Waals surface area contributed by atoms with E-state index in [0.29, 0.717) is 30.2 Å².